The summed E-state index contributed by atoms with van der Waals surface area (Å²) in [7, 11) is 0. The number of aliphatic hydroxyl groups is 1. The molecule has 0 saturated heterocycles. The molecule has 0 spiro atoms. The number of hydrogen-bond acceptors (Lipinski definition) is 4. The summed E-state index contributed by atoms with van der Waals surface area (Å²) in [5.41, 5.74) is -0.658. The highest BCUT2D eigenvalue weighted by atomic mass is 16.4. The van der Waals surface area contributed by atoms with Crippen molar-refractivity contribution in [3.8, 4) is 0 Å². The molecule has 0 amide bonds. The van der Waals surface area contributed by atoms with E-state index in [0.29, 0.717) is 19.6 Å². The second kappa shape index (κ2) is 4.12. The lowest BCUT2D eigenvalue weighted by Crippen LogP contribution is -2.42. The first-order chi connectivity index (χ1) is 7.85. The summed E-state index contributed by atoms with van der Waals surface area (Å²) >= 11 is 0. The molecule has 0 saturated carbocycles. The van der Waals surface area contributed by atoms with E-state index in [-0.39, 0.29) is 5.69 Å². The van der Waals surface area contributed by atoms with E-state index in [9.17, 15) is 9.90 Å². The molecule has 0 aromatic carbocycles. The van der Waals surface area contributed by atoms with Crippen LogP contribution >= 0.6 is 0 Å². The first kappa shape index (κ1) is 12.1. The van der Waals surface area contributed by atoms with E-state index in [0.717, 1.165) is 12.4 Å². The molecule has 0 radical (unpaired) electrons. The van der Waals surface area contributed by atoms with Gasteiger partial charge in [0.05, 0.1) is 12.1 Å². The van der Waals surface area contributed by atoms with Crippen LogP contribution in [0.4, 0.5) is 0 Å². The minimum Gasteiger partial charge on any atom is -0.476 e. The first-order valence-corrected chi connectivity index (χ1v) is 5.59. The van der Waals surface area contributed by atoms with Gasteiger partial charge in [0.25, 0.3) is 0 Å². The van der Waals surface area contributed by atoms with Gasteiger partial charge in [0, 0.05) is 25.8 Å². The van der Waals surface area contributed by atoms with Crippen LogP contribution in [-0.4, -0.2) is 49.3 Å². The number of carboxylic acid groups (broad SMARTS) is 1. The Labute approximate surface area is 99.5 Å². The Morgan fingerprint density at radius 2 is 2.24 bits per heavy atom. The van der Waals surface area contributed by atoms with Gasteiger partial charge in [0.15, 0.2) is 5.69 Å². The number of β-amino-alcohol motifs (C(OH)–C–C–N with tert-alkyl or cyclic N) is 1. The quantitative estimate of drug-likeness (QED) is 0.786. The van der Waals surface area contributed by atoms with Gasteiger partial charge < -0.3 is 14.8 Å². The normalized spacial score (nSPS) is 16.9. The second-order valence-electron chi connectivity index (χ2n) is 5.06. The van der Waals surface area contributed by atoms with E-state index in [4.69, 9.17) is 5.11 Å². The fourth-order valence-electron chi connectivity index (χ4n) is 2.09. The van der Waals surface area contributed by atoms with Gasteiger partial charge in [-0.2, -0.15) is 0 Å². The van der Waals surface area contributed by atoms with Crippen LogP contribution in [0.5, 0.6) is 0 Å². The summed E-state index contributed by atoms with van der Waals surface area (Å²) in [4.78, 5) is 16.9. The number of fused-ring (bicyclic) bond motifs is 1. The lowest BCUT2D eigenvalue weighted by molar-refractivity contribution is 0.0268. The van der Waals surface area contributed by atoms with Crippen LogP contribution in [0, 0.1) is 0 Å². The Bertz CT molecular complexity index is 434. The highest BCUT2D eigenvalue weighted by Crippen LogP contribution is 2.15. The van der Waals surface area contributed by atoms with Crippen molar-refractivity contribution < 1.29 is 15.0 Å². The molecular weight excluding hydrogens is 222 g/mol. The average Bonchev–Trinajstić information content (AvgIpc) is 2.57. The van der Waals surface area contributed by atoms with E-state index in [1.807, 2.05) is 4.57 Å². The second-order valence-corrected chi connectivity index (χ2v) is 5.06. The molecule has 0 aliphatic carbocycles. The first-order valence-electron chi connectivity index (χ1n) is 5.59. The van der Waals surface area contributed by atoms with Gasteiger partial charge >= 0.3 is 5.97 Å². The zero-order chi connectivity index (χ0) is 12.6. The van der Waals surface area contributed by atoms with Crippen molar-refractivity contribution in [2.24, 2.45) is 0 Å². The maximum absolute atomic E-state index is 10.8. The van der Waals surface area contributed by atoms with E-state index < -0.39 is 11.6 Å². The van der Waals surface area contributed by atoms with Crippen molar-refractivity contribution >= 4 is 5.97 Å². The zero-order valence-corrected chi connectivity index (χ0v) is 10.1. The van der Waals surface area contributed by atoms with Gasteiger partial charge in [0.1, 0.15) is 5.82 Å². The predicted molar refractivity (Wildman–Crippen MR) is 60.8 cm³/mol. The molecule has 2 rings (SSSR count). The highest BCUT2D eigenvalue weighted by molar-refractivity contribution is 5.85. The van der Waals surface area contributed by atoms with E-state index >= 15 is 0 Å². The smallest absolute Gasteiger partial charge is 0.356 e. The van der Waals surface area contributed by atoms with E-state index in [2.05, 4.69) is 9.88 Å². The van der Waals surface area contributed by atoms with Crippen molar-refractivity contribution in [3.05, 3.63) is 17.7 Å². The molecule has 1 aliphatic heterocycles. The fraction of sp³-hybridized carbons (Fsp3) is 0.636. The number of carbonyl (C=O) groups is 1. The molecule has 1 aromatic heterocycles. The third kappa shape index (κ3) is 2.83. The van der Waals surface area contributed by atoms with Gasteiger partial charge in [-0.3, -0.25) is 4.90 Å². The topological polar surface area (TPSA) is 78.6 Å². The molecule has 94 valence electrons. The van der Waals surface area contributed by atoms with Gasteiger partial charge in [-0.15, -0.1) is 0 Å². The fourth-order valence-corrected chi connectivity index (χ4v) is 2.09. The van der Waals surface area contributed by atoms with Crippen LogP contribution in [-0.2, 0) is 13.1 Å². The van der Waals surface area contributed by atoms with Crippen LogP contribution < -0.4 is 0 Å². The van der Waals surface area contributed by atoms with Crippen molar-refractivity contribution in [3.63, 3.8) is 0 Å². The standard InChI is InChI=1S/C11H17N3O3/c1-11(2,17)7-13-3-4-14-5-8(10(15)16)12-9(14)6-13/h5,17H,3-4,6-7H2,1-2H3,(H,15,16). The molecule has 0 atom stereocenters. The van der Waals surface area contributed by atoms with Crippen molar-refractivity contribution in [1.82, 2.24) is 14.5 Å². The van der Waals surface area contributed by atoms with Crippen LogP contribution in [0.2, 0.25) is 0 Å². The summed E-state index contributed by atoms with van der Waals surface area (Å²) < 4.78 is 1.87. The van der Waals surface area contributed by atoms with Gasteiger partial charge in [-0.1, -0.05) is 0 Å². The van der Waals surface area contributed by atoms with Gasteiger partial charge in [-0.25, -0.2) is 9.78 Å². The molecule has 2 heterocycles. The molecule has 1 aliphatic rings. The van der Waals surface area contributed by atoms with Crippen molar-refractivity contribution in [1.29, 1.82) is 0 Å². The summed E-state index contributed by atoms with van der Waals surface area (Å²) in [5.74, 6) is -0.251. The summed E-state index contributed by atoms with van der Waals surface area (Å²) in [6, 6.07) is 0. The largest absolute Gasteiger partial charge is 0.476 e. The number of carboxylic acids is 1. The average molecular weight is 239 g/mol. The number of imidazole rings is 1. The molecule has 6 nitrogen and oxygen atoms in total. The molecule has 1 aromatic rings. The monoisotopic (exact) mass is 239 g/mol. The Morgan fingerprint density at radius 1 is 1.53 bits per heavy atom. The molecule has 0 unspecified atom stereocenters. The van der Waals surface area contributed by atoms with Crippen LogP contribution in [0.3, 0.4) is 0 Å². The van der Waals surface area contributed by atoms with Crippen LogP contribution in [0.1, 0.15) is 30.2 Å². The molecular formula is C11H17N3O3. The minimum absolute atomic E-state index is 0.0881. The Morgan fingerprint density at radius 3 is 2.82 bits per heavy atom. The lowest BCUT2D eigenvalue weighted by Gasteiger charge is -2.32. The predicted octanol–water partition coefficient (Wildman–Crippen LogP) is 0.168. The molecule has 0 bridgehead atoms. The zero-order valence-electron chi connectivity index (χ0n) is 10.1. The molecule has 6 heteroatoms. The summed E-state index contributed by atoms with van der Waals surface area (Å²) in [5, 5.41) is 18.6. The van der Waals surface area contributed by atoms with Crippen molar-refractivity contribution in [2.75, 3.05) is 13.1 Å². The Hall–Kier alpha value is -1.40. The number of hydrogen-bond donors (Lipinski definition) is 2. The van der Waals surface area contributed by atoms with Crippen LogP contribution in [0.15, 0.2) is 6.20 Å². The van der Waals surface area contributed by atoms with E-state index in [1.54, 1.807) is 20.0 Å². The van der Waals surface area contributed by atoms with Crippen LogP contribution in [0.25, 0.3) is 0 Å². The Balaban J connectivity index is 2.11. The maximum atomic E-state index is 10.8. The van der Waals surface area contributed by atoms with E-state index in [1.165, 1.54) is 0 Å². The molecule has 17 heavy (non-hydrogen) atoms. The number of aromatic carboxylic acids is 1. The maximum Gasteiger partial charge on any atom is 0.356 e. The third-order valence-corrected chi connectivity index (χ3v) is 2.71. The lowest BCUT2D eigenvalue weighted by atomic mass is 10.1. The number of nitrogens with zero attached hydrogens (tertiary/aromatic N) is 3. The third-order valence-electron chi connectivity index (χ3n) is 2.71. The SMILES string of the molecule is CC(C)(O)CN1CCn2cc(C(=O)O)nc2C1. The highest BCUT2D eigenvalue weighted by Gasteiger charge is 2.24. The Kier molecular flexibility index (Phi) is 2.92. The summed E-state index contributed by atoms with van der Waals surface area (Å²) in [6.45, 7) is 6.17. The minimum atomic E-state index is -0.999. The summed E-state index contributed by atoms with van der Waals surface area (Å²) in [6.07, 6.45) is 1.57. The number of rotatable bonds is 3. The van der Waals surface area contributed by atoms with Crippen molar-refractivity contribution in [2.45, 2.75) is 32.5 Å². The molecule has 0 fully saturated rings. The number of aromatic nitrogens is 2. The van der Waals surface area contributed by atoms with Gasteiger partial charge in [0.2, 0.25) is 0 Å². The van der Waals surface area contributed by atoms with Gasteiger partial charge in [-0.05, 0) is 13.8 Å². The molecule has 2 N–H and O–H groups in total.